The SMILES string of the molecule is Cc1cccc(CN(C(=O)CN(c2cccc(Br)c2)S(C)(=O)=O)[C@H](Cc2ccccc2)C(=O)NCC(C)C)c1. The first-order chi connectivity index (χ1) is 18.4. The van der Waals surface area contributed by atoms with Gasteiger partial charge >= 0.3 is 0 Å². The van der Waals surface area contributed by atoms with Crippen molar-refractivity contribution in [3.05, 3.63) is 100 Å². The molecule has 0 aliphatic carbocycles. The van der Waals surface area contributed by atoms with E-state index in [0.717, 1.165) is 27.3 Å². The number of aryl methyl sites for hydroxylation is 1. The molecule has 0 aromatic heterocycles. The van der Waals surface area contributed by atoms with E-state index in [9.17, 15) is 18.0 Å². The van der Waals surface area contributed by atoms with Gasteiger partial charge in [0.1, 0.15) is 12.6 Å². The highest BCUT2D eigenvalue weighted by atomic mass is 79.9. The molecule has 3 aromatic rings. The van der Waals surface area contributed by atoms with Gasteiger partial charge in [-0.05, 0) is 42.2 Å². The van der Waals surface area contributed by atoms with Gasteiger partial charge in [0.15, 0.2) is 0 Å². The lowest BCUT2D eigenvalue weighted by Gasteiger charge is -2.33. The Morgan fingerprint density at radius 1 is 0.923 bits per heavy atom. The van der Waals surface area contributed by atoms with E-state index < -0.39 is 28.5 Å². The normalized spacial score (nSPS) is 12.2. The third-order valence-corrected chi connectivity index (χ3v) is 7.80. The maximum atomic E-state index is 14.1. The Morgan fingerprint density at radius 3 is 2.21 bits per heavy atom. The van der Waals surface area contributed by atoms with Crippen LogP contribution in [0.4, 0.5) is 5.69 Å². The van der Waals surface area contributed by atoms with Gasteiger partial charge in [0.05, 0.1) is 11.9 Å². The fourth-order valence-electron chi connectivity index (χ4n) is 4.23. The van der Waals surface area contributed by atoms with Crippen LogP contribution in [0.3, 0.4) is 0 Å². The van der Waals surface area contributed by atoms with Gasteiger partial charge in [-0.2, -0.15) is 0 Å². The molecule has 2 amide bonds. The molecule has 0 bridgehead atoms. The number of rotatable bonds is 12. The average Bonchev–Trinajstić information content (AvgIpc) is 2.87. The largest absolute Gasteiger partial charge is 0.354 e. The van der Waals surface area contributed by atoms with E-state index in [0.29, 0.717) is 16.7 Å². The van der Waals surface area contributed by atoms with E-state index in [4.69, 9.17) is 0 Å². The van der Waals surface area contributed by atoms with Crippen molar-refractivity contribution in [1.82, 2.24) is 10.2 Å². The summed E-state index contributed by atoms with van der Waals surface area (Å²) in [6.45, 7) is 6.15. The summed E-state index contributed by atoms with van der Waals surface area (Å²) in [5.74, 6) is -0.519. The number of sulfonamides is 1. The number of carbonyl (C=O) groups is 2. The Morgan fingerprint density at radius 2 is 1.59 bits per heavy atom. The fraction of sp³-hybridized carbons (Fsp3) is 0.333. The quantitative estimate of drug-likeness (QED) is 0.314. The Labute approximate surface area is 240 Å². The molecule has 0 aliphatic rings. The third-order valence-electron chi connectivity index (χ3n) is 6.17. The van der Waals surface area contributed by atoms with E-state index in [1.54, 1.807) is 24.3 Å². The molecule has 0 saturated carbocycles. The number of benzene rings is 3. The summed E-state index contributed by atoms with van der Waals surface area (Å²) in [7, 11) is -3.80. The summed E-state index contributed by atoms with van der Waals surface area (Å²) in [6, 6.07) is 23.2. The maximum absolute atomic E-state index is 14.1. The zero-order valence-electron chi connectivity index (χ0n) is 22.8. The molecule has 1 N–H and O–H groups in total. The summed E-state index contributed by atoms with van der Waals surface area (Å²) < 4.78 is 27.4. The number of nitrogens with one attached hydrogen (secondary N) is 1. The second-order valence-corrected chi connectivity index (χ2v) is 12.9. The number of hydrogen-bond donors (Lipinski definition) is 1. The summed E-state index contributed by atoms with van der Waals surface area (Å²) in [5, 5.41) is 2.99. The van der Waals surface area contributed by atoms with Crippen molar-refractivity contribution in [3.63, 3.8) is 0 Å². The number of hydrogen-bond acceptors (Lipinski definition) is 4. The first kappa shape index (κ1) is 30.4. The van der Waals surface area contributed by atoms with E-state index >= 15 is 0 Å². The van der Waals surface area contributed by atoms with Crippen LogP contribution >= 0.6 is 15.9 Å². The molecule has 208 valence electrons. The Balaban J connectivity index is 2.05. The highest BCUT2D eigenvalue weighted by molar-refractivity contribution is 9.10. The zero-order chi connectivity index (χ0) is 28.6. The van der Waals surface area contributed by atoms with Gasteiger partial charge in [0, 0.05) is 24.0 Å². The van der Waals surface area contributed by atoms with Crippen LogP contribution in [0.5, 0.6) is 0 Å². The summed E-state index contributed by atoms with van der Waals surface area (Å²) in [5.41, 5.74) is 3.14. The monoisotopic (exact) mass is 613 g/mol. The summed E-state index contributed by atoms with van der Waals surface area (Å²) in [4.78, 5) is 29.2. The van der Waals surface area contributed by atoms with E-state index in [1.807, 2.05) is 75.4 Å². The molecule has 3 rings (SSSR count). The van der Waals surface area contributed by atoms with Crippen LogP contribution < -0.4 is 9.62 Å². The van der Waals surface area contributed by atoms with Crippen molar-refractivity contribution >= 4 is 43.5 Å². The van der Waals surface area contributed by atoms with Crippen LogP contribution in [0.1, 0.15) is 30.5 Å². The molecule has 0 unspecified atom stereocenters. The van der Waals surface area contributed by atoms with Crippen LogP contribution in [0.2, 0.25) is 0 Å². The van der Waals surface area contributed by atoms with Crippen molar-refractivity contribution < 1.29 is 18.0 Å². The van der Waals surface area contributed by atoms with Gasteiger partial charge in [-0.25, -0.2) is 8.42 Å². The number of halogens is 1. The van der Waals surface area contributed by atoms with Crippen LogP contribution in [-0.2, 0) is 32.6 Å². The highest BCUT2D eigenvalue weighted by Crippen LogP contribution is 2.23. The first-order valence-corrected chi connectivity index (χ1v) is 15.5. The Kier molecular flexibility index (Phi) is 10.7. The molecule has 0 spiro atoms. The second-order valence-electron chi connectivity index (χ2n) is 10.1. The summed E-state index contributed by atoms with van der Waals surface area (Å²) in [6.07, 6.45) is 1.36. The van der Waals surface area contributed by atoms with Crippen molar-refractivity contribution in [3.8, 4) is 0 Å². The van der Waals surface area contributed by atoms with Crippen LogP contribution in [0, 0.1) is 12.8 Å². The molecule has 0 fully saturated rings. The molecule has 0 heterocycles. The second kappa shape index (κ2) is 13.8. The summed E-state index contributed by atoms with van der Waals surface area (Å²) >= 11 is 3.38. The van der Waals surface area contributed by atoms with E-state index in [-0.39, 0.29) is 24.8 Å². The molecule has 39 heavy (non-hydrogen) atoms. The molecule has 0 radical (unpaired) electrons. The number of nitrogens with zero attached hydrogens (tertiary/aromatic N) is 2. The Bertz CT molecular complexity index is 1380. The van der Waals surface area contributed by atoms with Crippen molar-refractivity contribution in [2.75, 3.05) is 23.7 Å². The number of carbonyl (C=O) groups excluding carboxylic acids is 2. The van der Waals surface area contributed by atoms with Crippen molar-refractivity contribution in [2.45, 2.75) is 39.8 Å². The molecule has 0 aliphatic heterocycles. The van der Waals surface area contributed by atoms with Crippen LogP contribution in [0.15, 0.2) is 83.3 Å². The van der Waals surface area contributed by atoms with Crippen LogP contribution in [0.25, 0.3) is 0 Å². The minimum absolute atomic E-state index is 0.156. The maximum Gasteiger partial charge on any atom is 0.244 e. The topological polar surface area (TPSA) is 86.8 Å². The average molecular weight is 615 g/mol. The molecular weight excluding hydrogens is 578 g/mol. The lowest BCUT2D eigenvalue weighted by Crippen LogP contribution is -2.53. The van der Waals surface area contributed by atoms with E-state index in [1.165, 1.54) is 4.90 Å². The minimum atomic E-state index is -3.80. The zero-order valence-corrected chi connectivity index (χ0v) is 25.2. The van der Waals surface area contributed by atoms with E-state index in [2.05, 4.69) is 21.2 Å². The molecule has 1 atom stereocenters. The van der Waals surface area contributed by atoms with Gasteiger partial charge < -0.3 is 10.2 Å². The van der Waals surface area contributed by atoms with Gasteiger partial charge in [0.2, 0.25) is 21.8 Å². The lowest BCUT2D eigenvalue weighted by molar-refractivity contribution is -0.140. The molecule has 3 aromatic carbocycles. The Hall–Kier alpha value is -3.17. The fourth-order valence-corrected chi connectivity index (χ4v) is 5.46. The minimum Gasteiger partial charge on any atom is -0.354 e. The lowest BCUT2D eigenvalue weighted by atomic mass is 10.0. The van der Waals surface area contributed by atoms with Crippen LogP contribution in [-0.4, -0.2) is 50.5 Å². The molecule has 9 heteroatoms. The molecule has 0 saturated heterocycles. The predicted octanol–water partition coefficient (Wildman–Crippen LogP) is 4.94. The highest BCUT2D eigenvalue weighted by Gasteiger charge is 2.33. The van der Waals surface area contributed by atoms with Gasteiger partial charge in [0.25, 0.3) is 0 Å². The number of anilines is 1. The third kappa shape index (κ3) is 9.21. The number of amides is 2. The first-order valence-electron chi connectivity index (χ1n) is 12.8. The van der Waals surface area contributed by atoms with Crippen molar-refractivity contribution in [1.29, 1.82) is 0 Å². The molecule has 7 nitrogen and oxygen atoms in total. The standard InChI is InChI=1S/C30H36BrN3O4S/c1-22(2)19-32-30(36)28(17-24-11-6-5-7-12-24)33(20-25-13-8-10-23(3)16-25)29(35)21-34(39(4,37)38)27-15-9-14-26(31)18-27/h5-16,18,22,28H,17,19-21H2,1-4H3,(H,32,36)/t28-/m1/s1. The van der Waals surface area contributed by atoms with Crippen molar-refractivity contribution in [2.24, 2.45) is 5.92 Å². The van der Waals surface area contributed by atoms with Gasteiger partial charge in [-0.3, -0.25) is 13.9 Å². The van der Waals surface area contributed by atoms with Gasteiger partial charge in [-0.1, -0.05) is 96.0 Å². The van der Waals surface area contributed by atoms with Gasteiger partial charge in [-0.15, -0.1) is 0 Å². The predicted molar refractivity (Wildman–Crippen MR) is 160 cm³/mol. The smallest absolute Gasteiger partial charge is 0.244 e. The molecular formula is C30H36BrN3O4S.